The first kappa shape index (κ1) is 10.2. The summed E-state index contributed by atoms with van der Waals surface area (Å²) < 4.78 is 0. The van der Waals surface area contributed by atoms with Gasteiger partial charge >= 0.3 is 0 Å². The summed E-state index contributed by atoms with van der Waals surface area (Å²) in [5, 5.41) is 0. The molecule has 1 aliphatic carbocycles. The molecule has 1 aromatic carbocycles. The van der Waals surface area contributed by atoms with Crippen molar-refractivity contribution in [1.82, 2.24) is 0 Å². The third kappa shape index (κ3) is 1.75. The van der Waals surface area contributed by atoms with E-state index in [1.165, 1.54) is 12.8 Å². The highest BCUT2D eigenvalue weighted by Crippen LogP contribution is 2.41. The molecule has 0 saturated heterocycles. The maximum Gasteiger partial charge on any atom is 0.0186 e. The number of alkyl halides is 1. The van der Waals surface area contributed by atoms with E-state index in [2.05, 4.69) is 54.0 Å². The highest BCUT2D eigenvalue weighted by molar-refractivity contribution is 9.09. The SMILES string of the molecule is CC1CCC(C(C)Br)c2ccccc21. The molecule has 1 aromatic rings. The second kappa shape index (κ2) is 4.06. The van der Waals surface area contributed by atoms with Crippen LogP contribution in [0.5, 0.6) is 0 Å². The second-order valence-corrected chi connectivity index (χ2v) is 5.84. The summed E-state index contributed by atoms with van der Waals surface area (Å²) in [4.78, 5) is 0.594. The first-order chi connectivity index (χ1) is 6.70. The van der Waals surface area contributed by atoms with E-state index in [4.69, 9.17) is 0 Å². The molecule has 0 heterocycles. The molecule has 0 radical (unpaired) electrons. The highest BCUT2D eigenvalue weighted by Gasteiger charge is 2.26. The Morgan fingerprint density at radius 1 is 1.21 bits per heavy atom. The Morgan fingerprint density at radius 2 is 1.86 bits per heavy atom. The topological polar surface area (TPSA) is 0 Å². The van der Waals surface area contributed by atoms with E-state index in [1.807, 2.05) is 0 Å². The molecule has 0 bridgehead atoms. The second-order valence-electron chi connectivity index (χ2n) is 4.39. The monoisotopic (exact) mass is 252 g/mol. The van der Waals surface area contributed by atoms with E-state index in [-0.39, 0.29) is 0 Å². The van der Waals surface area contributed by atoms with Gasteiger partial charge in [0.05, 0.1) is 0 Å². The Hall–Kier alpha value is -0.300. The lowest BCUT2D eigenvalue weighted by atomic mass is 9.76. The van der Waals surface area contributed by atoms with Gasteiger partial charge in [-0.3, -0.25) is 0 Å². The molecule has 3 atom stereocenters. The highest BCUT2D eigenvalue weighted by atomic mass is 79.9. The van der Waals surface area contributed by atoms with E-state index < -0.39 is 0 Å². The summed E-state index contributed by atoms with van der Waals surface area (Å²) in [7, 11) is 0. The van der Waals surface area contributed by atoms with Crippen molar-refractivity contribution in [3.05, 3.63) is 35.4 Å². The van der Waals surface area contributed by atoms with Gasteiger partial charge in [-0.15, -0.1) is 0 Å². The molecule has 2 rings (SSSR count). The van der Waals surface area contributed by atoms with Crippen molar-refractivity contribution in [1.29, 1.82) is 0 Å². The molecule has 0 nitrogen and oxygen atoms in total. The Morgan fingerprint density at radius 3 is 2.50 bits per heavy atom. The molecule has 0 fully saturated rings. The molecule has 14 heavy (non-hydrogen) atoms. The molecule has 0 aromatic heterocycles. The van der Waals surface area contributed by atoms with Crippen molar-refractivity contribution < 1.29 is 0 Å². The number of halogens is 1. The number of hydrogen-bond donors (Lipinski definition) is 0. The average Bonchev–Trinajstić information content (AvgIpc) is 2.18. The molecule has 0 spiro atoms. The van der Waals surface area contributed by atoms with E-state index >= 15 is 0 Å². The average molecular weight is 253 g/mol. The van der Waals surface area contributed by atoms with Crippen LogP contribution in [-0.4, -0.2) is 4.83 Å². The van der Waals surface area contributed by atoms with Gasteiger partial charge < -0.3 is 0 Å². The molecular formula is C13H17Br. The quantitative estimate of drug-likeness (QED) is 0.648. The fraction of sp³-hybridized carbons (Fsp3) is 0.538. The zero-order valence-electron chi connectivity index (χ0n) is 8.83. The number of rotatable bonds is 1. The lowest BCUT2D eigenvalue weighted by molar-refractivity contribution is 0.502. The van der Waals surface area contributed by atoms with Crippen LogP contribution < -0.4 is 0 Å². The minimum absolute atomic E-state index is 0.594. The normalized spacial score (nSPS) is 28.2. The van der Waals surface area contributed by atoms with Crippen molar-refractivity contribution in [2.45, 2.75) is 43.4 Å². The third-order valence-corrected chi connectivity index (χ3v) is 4.03. The Balaban J connectivity index is 2.41. The van der Waals surface area contributed by atoms with Crippen LogP contribution in [0, 0.1) is 0 Å². The van der Waals surface area contributed by atoms with Crippen LogP contribution in [0.15, 0.2) is 24.3 Å². The summed E-state index contributed by atoms with van der Waals surface area (Å²) in [6, 6.07) is 8.92. The molecule has 0 amide bonds. The van der Waals surface area contributed by atoms with Gasteiger partial charge in [-0.05, 0) is 35.8 Å². The molecule has 3 unspecified atom stereocenters. The van der Waals surface area contributed by atoms with Crippen LogP contribution in [0.4, 0.5) is 0 Å². The minimum Gasteiger partial charge on any atom is -0.0887 e. The first-order valence-electron chi connectivity index (χ1n) is 5.43. The van der Waals surface area contributed by atoms with Crippen molar-refractivity contribution in [2.75, 3.05) is 0 Å². The van der Waals surface area contributed by atoms with Crippen LogP contribution in [0.1, 0.15) is 49.7 Å². The summed E-state index contributed by atoms with van der Waals surface area (Å²) in [6.07, 6.45) is 2.65. The maximum atomic E-state index is 3.73. The van der Waals surface area contributed by atoms with Crippen LogP contribution >= 0.6 is 15.9 Å². The molecule has 1 heteroatoms. The number of fused-ring (bicyclic) bond motifs is 1. The standard InChI is InChI=1S/C13H17Br/c1-9-7-8-12(10(2)14)13-6-4-3-5-11(9)13/h3-6,9-10,12H,7-8H2,1-2H3. The summed E-state index contributed by atoms with van der Waals surface area (Å²) >= 11 is 3.73. The van der Waals surface area contributed by atoms with Crippen LogP contribution in [0.2, 0.25) is 0 Å². The van der Waals surface area contributed by atoms with Crippen molar-refractivity contribution >= 4 is 15.9 Å². The van der Waals surface area contributed by atoms with Gasteiger partial charge in [-0.1, -0.05) is 54.0 Å². The van der Waals surface area contributed by atoms with E-state index in [0.29, 0.717) is 10.7 Å². The molecular weight excluding hydrogens is 236 g/mol. The number of hydrogen-bond acceptors (Lipinski definition) is 0. The van der Waals surface area contributed by atoms with Gasteiger partial charge in [0.15, 0.2) is 0 Å². The van der Waals surface area contributed by atoms with E-state index in [0.717, 1.165) is 5.92 Å². The zero-order chi connectivity index (χ0) is 10.1. The van der Waals surface area contributed by atoms with Crippen molar-refractivity contribution in [3.8, 4) is 0 Å². The Kier molecular flexibility index (Phi) is 2.96. The predicted octanol–water partition coefficient (Wildman–Crippen LogP) is 4.45. The zero-order valence-corrected chi connectivity index (χ0v) is 10.4. The summed E-state index contributed by atoms with van der Waals surface area (Å²) in [5.41, 5.74) is 3.13. The fourth-order valence-electron chi connectivity index (χ4n) is 2.52. The Labute approximate surface area is 94.8 Å². The predicted molar refractivity (Wildman–Crippen MR) is 65.2 cm³/mol. The smallest absolute Gasteiger partial charge is 0.0186 e. The van der Waals surface area contributed by atoms with Gasteiger partial charge in [0.2, 0.25) is 0 Å². The van der Waals surface area contributed by atoms with Crippen LogP contribution in [0.25, 0.3) is 0 Å². The van der Waals surface area contributed by atoms with E-state index in [1.54, 1.807) is 11.1 Å². The third-order valence-electron chi connectivity index (χ3n) is 3.39. The first-order valence-corrected chi connectivity index (χ1v) is 6.34. The van der Waals surface area contributed by atoms with E-state index in [9.17, 15) is 0 Å². The van der Waals surface area contributed by atoms with Gasteiger partial charge in [0, 0.05) is 4.83 Å². The van der Waals surface area contributed by atoms with Gasteiger partial charge in [-0.2, -0.15) is 0 Å². The molecule has 76 valence electrons. The molecule has 0 aliphatic heterocycles. The minimum atomic E-state index is 0.594. The maximum absolute atomic E-state index is 3.73. The largest absolute Gasteiger partial charge is 0.0887 e. The molecule has 0 N–H and O–H groups in total. The molecule has 0 saturated carbocycles. The lowest BCUT2D eigenvalue weighted by Crippen LogP contribution is -2.18. The van der Waals surface area contributed by atoms with Crippen molar-refractivity contribution in [3.63, 3.8) is 0 Å². The van der Waals surface area contributed by atoms with Crippen LogP contribution in [-0.2, 0) is 0 Å². The van der Waals surface area contributed by atoms with Gasteiger partial charge in [0.25, 0.3) is 0 Å². The fourth-order valence-corrected chi connectivity index (χ4v) is 3.06. The number of benzene rings is 1. The van der Waals surface area contributed by atoms with Gasteiger partial charge in [-0.25, -0.2) is 0 Å². The van der Waals surface area contributed by atoms with Gasteiger partial charge in [0.1, 0.15) is 0 Å². The summed E-state index contributed by atoms with van der Waals surface area (Å²) in [5.74, 6) is 1.45. The Bertz CT molecular complexity index is 317. The molecule has 1 aliphatic rings. The van der Waals surface area contributed by atoms with Crippen LogP contribution in [0.3, 0.4) is 0 Å². The lowest BCUT2D eigenvalue weighted by Gasteiger charge is -2.31. The van der Waals surface area contributed by atoms with Crippen molar-refractivity contribution in [2.24, 2.45) is 0 Å². The summed E-state index contributed by atoms with van der Waals surface area (Å²) in [6.45, 7) is 4.60.